The summed E-state index contributed by atoms with van der Waals surface area (Å²) in [7, 11) is -4.39. The van der Waals surface area contributed by atoms with Crippen LogP contribution in [0.5, 0.6) is 0 Å². The molecule has 10 heteroatoms. The highest BCUT2D eigenvalue weighted by molar-refractivity contribution is 7.47. The summed E-state index contributed by atoms with van der Waals surface area (Å²) < 4.78 is 26.5. The lowest BCUT2D eigenvalue weighted by Gasteiger charge is -2.15. The number of aliphatic hydroxyl groups excluding tert-OH is 1. The van der Waals surface area contributed by atoms with Gasteiger partial charge < -0.3 is 20.1 Å². The van der Waals surface area contributed by atoms with Crippen LogP contribution in [0.1, 0.15) is 162 Å². The van der Waals surface area contributed by atoms with Gasteiger partial charge in [-0.2, -0.15) is 0 Å². The zero-order valence-corrected chi connectivity index (χ0v) is 29.0. The third-order valence-electron chi connectivity index (χ3n) is 7.45. The lowest BCUT2D eigenvalue weighted by molar-refractivity contribution is -0.147. The Morgan fingerprint density at radius 3 is 1.70 bits per heavy atom. The Bertz CT molecular complexity index is 749. The van der Waals surface area contributed by atoms with E-state index in [1.165, 1.54) is 83.5 Å². The number of nitrogens with one attached hydrogen (secondary N) is 1. The van der Waals surface area contributed by atoms with E-state index in [4.69, 9.17) is 13.8 Å². The molecule has 0 aliphatic heterocycles. The van der Waals surface area contributed by atoms with Gasteiger partial charge in [0.15, 0.2) is 0 Å². The fourth-order valence-corrected chi connectivity index (χ4v) is 5.48. The van der Waals surface area contributed by atoms with Gasteiger partial charge in [0.05, 0.1) is 13.2 Å². The summed E-state index contributed by atoms with van der Waals surface area (Å²) in [5.41, 5.74) is 0. The van der Waals surface area contributed by atoms with E-state index in [2.05, 4.69) is 31.3 Å². The number of hydrogen-bond acceptors (Lipinski definition) is 7. The van der Waals surface area contributed by atoms with Crippen molar-refractivity contribution >= 4 is 19.7 Å². The van der Waals surface area contributed by atoms with Crippen LogP contribution in [0.2, 0.25) is 0 Å². The normalized spacial score (nSPS) is 13.6. The second kappa shape index (κ2) is 31.7. The summed E-state index contributed by atoms with van der Waals surface area (Å²) in [5, 5.41) is 12.5. The summed E-state index contributed by atoms with van der Waals surface area (Å²) in [4.78, 5) is 33.4. The quantitative estimate of drug-likeness (QED) is 0.0279. The lowest BCUT2D eigenvalue weighted by Crippen LogP contribution is -2.27. The van der Waals surface area contributed by atoms with Crippen LogP contribution in [-0.4, -0.2) is 54.3 Å². The first-order chi connectivity index (χ1) is 21.3. The molecule has 1 amide bonds. The number of allylic oxidation sites excluding steroid dienone is 2. The number of phosphoric ester groups is 1. The Labute approximate surface area is 268 Å². The van der Waals surface area contributed by atoms with Gasteiger partial charge in [0.1, 0.15) is 12.7 Å². The lowest BCUT2D eigenvalue weighted by atomic mass is 10.1. The number of hydrogen-bond donors (Lipinski definition) is 3. The number of amides is 1. The van der Waals surface area contributed by atoms with Crippen LogP contribution in [0.3, 0.4) is 0 Å². The molecule has 0 aromatic carbocycles. The Balaban J connectivity index is 3.57. The van der Waals surface area contributed by atoms with Crippen molar-refractivity contribution in [3.05, 3.63) is 12.2 Å². The van der Waals surface area contributed by atoms with Crippen molar-refractivity contribution in [3.63, 3.8) is 0 Å². The van der Waals surface area contributed by atoms with E-state index in [9.17, 15) is 24.2 Å². The van der Waals surface area contributed by atoms with Crippen molar-refractivity contribution in [2.75, 3.05) is 26.4 Å². The fraction of sp³-hybridized carbons (Fsp3) is 0.882. The molecule has 0 aromatic rings. The molecule has 0 rings (SSSR count). The molecule has 0 aliphatic carbocycles. The number of carbonyl (C=O) groups excluding carboxylic acids is 2. The molecule has 0 saturated carbocycles. The van der Waals surface area contributed by atoms with E-state index in [-0.39, 0.29) is 32.1 Å². The topological polar surface area (TPSA) is 131 Å². The molecule has 260 valence electrons. The van der Waals surface area contributed by atoms with Crippen molar-refractivity contribution in [3.8, 4) is 0 Å². The monoisotopic (exact) mass is 647 g/mol. The standard InChI is InChI=1S/C34H66NO8P/c1-3-5-7-9-10-11-12-13-14-15-16-17-18-19-20-21-23-24-26-33(37)35-28-29-42-44(39,40)43-31-32(36)30-41-34(38)27-25-22-8-6-4-2/h14-15,32,36H,3-13,16-31H2,1-2H3,(H,35,37)(H,39,40)/b15-14-. The molecular formula is C34H66NO8P. The minimum Gasteiger partial charge on any atom is -0.463 e. The minimum absolute atomic E-state index is 0.0820. The zero-order chi connectivity index (χ0) is 32.6. The first-order valence-electron chi connectivity index (χ1n) is 17.7. The predicted molar refractivity (Wildman–Crippen MR) is 178 cm³/mol. The van der Waals surface area contributed by atoms with Crippen molar-refractivity contribution < 1.29 is 37.9 Å². The molecule has 2 atom stereocenters. The summed E-state index contributed by atoms with van der Waals surface area (Å²) in [6, 6.07) is 0. The van der Waals surface area contributed by atoms with E-state index in [1.807, 2.05) is 0 Å². The largest absolute Gasteiger partial charge is 0.472 e. The molecule has 0 spiro atoms. The highest BCUT2D eigenvalue weighted by Gasteiger charge is 2.23. The number of unbranched alkanes of at least 4 members (excludes halogenated alkanes) is 18. The molecule has 2 unspecified atom stereocenters. The zero-order valence-electron chi connectivity index (χ0n) is 28.1. The third kappa shape index (κ3) is 32.2. The fourth-order valence-electron chi connectivity index (χ4n) is 4.73. The smallest absolute Gasteiger partial charge is 0.463 e. The molecule has 3 N–H and O–H groups in total. The van der Waals surface area contributed by atoms with Gasteiger partial charge in [-0.05, 0) is 38.5 Å². The van der Waals surface area contributed by atoms with Gasteiger partial charge in [-0.3, -0.25) is 18.6 Å². The number of phosphoric acid groups is 1. The maximum Gasteiger partial charge on any atom is 0.472 e. The Kier molecular flexibility index (Phi) is 30.8. The maximum absolute atomic E-state index is 12.0. The minimum atomic E-state index is -4.39. The summed E-state index contributed by atoms with van der Waals surface area (Å²) in [6.07, 6.45) is 29.0. The highest BCUT2D eigenvalue weighted by Crippen LogP contribution is 2.42. The molecular weight excluding hydrogens is 581 g/mol. The second-order valence-electron chi connectivity index (χ2n) is 11.8. The van der Waals surface area contributed by atoms with Crippen LogP contribution in [0.4, 0.5) is 0 Å². The van der Waals surface area contributed by atoms with Gasteiger partial charge in [0, 0.05) is 19.4 Å². The van der Waals surface area contributed by atoms with E-state index in [1.54, 1.807) is 0 Å². The SMILES string of the molecule is CCCCCCCCC/C=C\CCCCCCCCCC(=O)NCCOP(=O)(O)OCC(O)COC(=O)CCCCCCC. The summed E-state index contributed by atoms with van der Waals surface area (Å²) >= 11 is 0. The van der Waals surface area contributed by atoms with Crippen LogP contribution in [-0.2, 0) is 27.9 Å². The molecule has 44 heavy (non-hydrogen) atoms. The van der Waals surface area contributed by atoms with Gasteiger partial charge in [-0.15, -0.1) is 0 Å². The van der Waals surface area contributed by atoms with Crippen LogP contribution < -0.4 is 5.32 Å². The van der Waals surface area contributed by atoms with Gasteiger partial charge in [-0.1, -0.05) is 122 Å². The molecule has 0 aliphatic rings. The molecule has 0 radical (unpaired) electrons. The van der Waals surface area contributed by atoms with Crippen molar-refractivity contribution in [2.45, 2.75) is 168 Å². The summed E-state index contributed by atoms with van der Waals surface area (Å²) in [6.45, 7) is 3.43. The Morgan fingerprint density at radius 1 is 0.682 bits per heavy atom. The van der Waals surface area contributed by atoms with Gasteiger partial charge in [0.2, 0.25) is 5.91 Å². The number of esters is 1. The summed E-state index contributed by atoms with van der Waals surface area (Å²) in [5.74, 6) is -0.532. The van der Waals surface area contributed by atoms with E-state index in [0.29, 0.717) is 6.42 Å². The number of aliphatic hydroxyl groups is 1. The van der Waals surface area contributed by atoms with Crippen LogP contribution in [0, 0.1) is 0 Å². The number of rotatable bonds is 33. The van der Waals surface area contributed by atoms with Crippen LogP contribution >= 0.6 is 7.82 Å². The first-order valence-corrected chi connectivity index (χ1v) is 19.2. The third-order valence-corrected chi connectivity index (χ3v) is 8.43. The second-order valence-corrected chi connectivity index (χ2v) is 13.3. The Morgan fingerprint density at radius 2 is 1.16 bits per heavy atom. The number of carbonyl (C=O) groups is 2. The molecule has 0 fully saturated rings. The number of ether oxygens (including phenoxy) is 1. The maximum atomic E-state index is 12.0. The van der Waals surface area contributed by atoms with Crippen LogP contribution in [0.15, 0.2) is 12.2 Å². The van der Waals surface area contributed by atoms with Crippen molar-refractivity contribution in [1.82, 2.24) is 5.32 Å². The average Bonchev–Trinajstić information content (AvgIpc) is 3.00. The molecule has 0 heterocycles. The van der Waals surface area contributed by atoms with Crippen molar-refractivity contribution in [2.24, 2.45) is 0 Å². The van der Waals surface area contributed by atoms with E-state index < -0.39 is 26.5 Å². The van der Waals surface area contributed by atoms with Gasteiger partial charge in [0.25, 0.3) is 0 Å². The Hall–Kier alpha value is -1.25. The first kappa shape index (κ1) is 42.8. The van der Waals surface area contributed by atoms with Gasteiger partial charge >= 0.3 is 13.8 Å². The molecule has 9 nitrogen and oxygen atoms in total. The predicted octanol–water partition coefficient (Wildman–Crippen LogP) is 8.71. The highest BCUT2D eigenvalue weighted by atomic mass is 31.2. The van der Waals surface area contributed by atoms with Gasteiger partial charge in [-0.25, -0.2) is 4.57 Å². The molecule has 0 saturated heterocycles. The van der Waals surface area contributed by atoms with E-state index >= 15 is 0 Å². The van der Waals surface area contributed by atoms with Crippen molar-refractivity contribution in [1.29, 1.82) is 0 Å². The molecule has 0 aromatic heterocycles. The van der Waals surface area contributed by atoms with E-state index in [0.717, 1.165) is 51.4 Å². The average molecular weight is 648 g/mol. The molecule has 0 bridgehead atoms. The van der Waals surface area contributed by atoms with Crippen LogP contribution in [0.25, 0.3) is 0 Å².